The standard InChI is InChI=1S/C20H26FN5O2S/c1-3-28-19(27)11-17-14-29-20(23-17)24-22-12-15-4-5-16(18(21)10-15)13-26-8-6-25(2)7-9-26/h4-5,10,12,14H,3,6-9,11,13H2,1-2H3,(H,23,24). The number of nitrogens with one attached hydrogen (secondary N) is 1. The molecule has 1 aromatic carbocycles. The fourth-order valence-electron chi connectivity index (χ4n) is 2.98. The maximum absolute atomic E-state index is 14.4. The first-order valence-electron chi connectivity index (χ1n) is 9.62. The number of piperazine rings is 1. The molecule has 0 atom stereocenters. The van der Waals surface area contributed by atoms with Crippen molar-refractivity contribution in [3.05, 3.63) is 46.2 Å². The number of anilines is 1. The Morgan fingerprint density at radius 1 is 1.38 bits per heavy atom. The van der Waals surface area contributed by atoms with Crippen molar-refractivity contribution in [3.8, 4) is 0 Å². The van der Waals surface area contributed by atoms with Crippen molar-refractivity contribution in [2.45, 2.75) is 19.9 Å². The minimum atomic E-state index is -0.306. The minimum Gasteiger partial charge on any atom is -0.466 e. The van der Waals surface area contributed by atoms with E-state index < -0.39 is 0 Å². The number of carbonyl (C=O) groups excluding carboxylic acids is 1. The van der Waals surface area contributed by atoms with Crippen LogP contribution in [0, 0.1) is 5.82 Å². The Balaban J connectivity index is 1.51. The molecule has 0 unspecified atom stereocenters. The molecule has 7 nitrogen and oxygen atoms in total. The molecular formula is C20H26FN5O2S. The van der Waals surface area contributed by atoms with Crippen LogP contribution in [0.4, 0.5) is 9.52 Å². The Morgan fingerprint density at radius 3 is 2.90 bits per heavy atom. The van der Waals surface area contributed by atoms with Gasteiger partial charge >= 0.3 is 5.97 Å². The second kappa shape index (κ2) is 10.4. The number of likely N-dealkylation sites (N-methyl/N-ethyl adjacent to an activating group) is 1. The van der Waals surface area contributed by atoms with Crippen molar-refractivity contribution >= 4 is 28.7 Å². The molecule has 0 amide bonds. The molecule has 9 heteroatoms. The largest absolute Gasteiger partial charge is 0.466 e. The van der Waals surface area contributed by atoms with Gasteiger partial charge in [-0.25, -0.2) is 9.37 Å². The molecule has 156 valence electrons. The molecule has 0 spiro atoms. The van der Waals surface area contributed by atoms with Crippen molar-refractivity contribution in [2.75, 3.05) is 45.3 Å². The number of hydrazone groups is 1. The highest BCUT2D eigenvalue weighted by Gasteiger charge is 2.15. The van der Waals surface area contributed by atoms with Gasteiger partial charge in [0.15, 0.2) is 0 Å². The van der Waals surface area contributed by atoms with Crippen molar-refractivity contribution in [3.63, 3.8) is 0 Å². The third-order valence-electron chi connectivity index (χ3n) is 4.62. The predicted octanol–water partition coefficient (Wildman–Crippen LogP) is 2.58. The molecule has 29 heavy (non-hydrogen) atoms. The highest BCUT2D eigenvalue weighted by molar-refractivity contribution is 7.13. The fourth-order valence-corrected chi connectivity index (χ4v) is 3.64. The number of ether oxygens (including phenoxy) is 1. The van der Waals surface area contributed by atoms with Gasteiger partial charge in [-0.1, -0.05) is 12.1 Å². The van der Waals surface area contributed by atoms with E-state index in [0.717, 1.165) is 26.2 Å². The Bertz CT molecular complexity index is 849. The topological polar surface area (TPSA) is 70.1 Å². The monoisotopic (exact) mass is 419 g/mol. The zero-order chi connectivity index (χ0) is 20.6. The van der Waals surface area contributed by atoms with Crippen LogP contribution >= 0.6 is 11.3 Å². The number of carbonyl (C=O) groups is 1. The van der Waals surface area contributed by atoms with Crippen LogP contribution in [0.1, 0.15) is 23.7 Å². The lowest BCUT2D eigenvalue weighted by molar-refractivity contribution is -0.142. The average molecular weight is 420 g/mol. The molecule has 2 heterocycles. The lowest BCUT2D eigenvalue weighted by atomic mass is 10.1. The van der Waals surface area contributed by atoms with Crippen LogP contribution in [-0.4, -0.2) is 66.8 Å². The number of esters is 1. The van der Waals surface area contributed by atoms with Crippen LogP contribution < -0.4 is 5.43 Å². The van der Waals surface area contributed by atoms with E-state index in [1.807, 2.05) is 12.1 Å². The van der Waals surface area contributed by atoms with Gasteiger partial charge in [-0.2, -0.15) is 5.10 Å². The van der Waals surface area contributed by atoms with Gasteiger partial charge in [0.05, 0.1) is 24.9 Å². The van der Waals surface area contributed by atoms with Gasteiger partial charge < -0.3 is 9.64 Å². The molecule has 0 radical (unpaired) electrons. The highest BCUT2D eigenvalue weighted by Crippen LogP contribution is 2.17. The van der Waals surface area contributed by atoms with E-state index in [1.165, 1.54) is 17.4 Å². The maximum atomic E-state index is 14.4. The summed E-state index contributed by atoms with van der Waals surface area (Å²) < 4.78 is 19.3. The quantitative estimate of drug-likeness (QED) is 0.403. The van der Waals surface area contributed by atoms with Crippen molar-refractivity contribution in [2.24, 2.45) is 5.10 Å². The summed E-state index contributed by atoms with van der Waals surface area (Å²) in [5.74, 6) is -0.529. The normalized spacial score (nSPS) is 15.7. The molecule has 2 aromatic rings. The number of aromatic nitrogens is 1. The summed E-state index contributed by atoms with van der Waals surface area (Å²) in [5.41, 5.74) is 4.81. The number of benzene rings is 1. The summed E-state index contributed by atoms with van der Waals surface area (Å²) in [6, 6.07) is 5.16. The average Bonchev–Trinajstić information content (AvgIpc) is 3.13. The van der Waals surface area contributed by atoms with E-state index in [9.17, 15) is 9.18 Å². The molecule has 1 aliphatic rings. The molecule has 1 N–H and O–H groups in total. The van der Waals surface area contributed by atoms with Gasteiger partial charge in [0, 0.05) is 43.7 Å². The first-order valence-corrected chi connectivity index (χ1v) is 10.5. The first-order chi connectivity index (χ1) is 14.0. The van der Waals surface area contributed by atoms with Crippen LogP contribution in [0.15, 0.2) is 28.7 Å². The predicted molar refractivity (Wildman–Crippen MR) is 113 cm³/mol. The second-order valence-corrected chi connectivity index (χ2v) is 7.78. The fraction of sp³-hybridized carbons (Fsp3) is 0.450. The van der Waals surface area contributed by atoms with E-state index in [4.69, 9.17) is 4.74 Å². The SMILES string of the molecule is CCOC(=O)Cc1csc(NN=Cc2ccc(CN3CCN(C)CC3)c(F)c2)n1. The number of hydrogen-bond donors (Lipinski definition) is 1. The Morgan fingerprint density at radius 2 is 2.17 bits per heavy atom. The Hall–Kier alpha value is -2.36. The molecule has 0 aliphatic carbocycles. The molecule has 0 saturated carbocycles. The summed E-state index contributed by atoms with van der Waals surface area (Å²) in [4.78, 5) is 20.3. The number of thiazole rings is 1. The van der Waals surface area contributed by atoms with Crippen molar-refractivity contribution in [1.82, 2.24) is 14.8 Å². The van der Waals surface area contributed by atoms with E-state index in [0.29, 0.717) is 35.1 Å². The Kier molecular flexibility index (Phi) is 7.68. The van der Waals surface area contributed by atoms with Crippen LogP contribution in [0.5, 0.6) is 0 Å². The molecule has 1 aliphatic heterocycles. The third kappa shape index (κ3) is 6.59. The lowest BCUT2D eigenvalue weighted by Gasteiger charge is -2.32. The van der Waals surface area contributed by atoms with Gasteiger partial charge in [-0.3, -0.25) is 15.1 Å². The highest BCUT2D eigenvalue weighted by atomic mass is 32.1. The summed E-state index contributed by atoms with van der Waals surface area (Å²) in [7, 11) is 2.10. The summed E-state index contributed by atoms with van der Waals surface area (Å²) in [6.45, 7) is 6.67. The third-order valence-corrected chi connectivity index (χ3v) is 5.42. The summed E-state index contributed by atoms with van der Waals surface area (Å²) in [5, 5.41) is 6.45. The zero-order valence-corrected chi connectivity index (χ0v) is 17.5. The second-order valence-electron chi connectivity index (χ2n) is 6.93. The molecule has 3 rings (SSSR count). The van der Waals surface area contributed by atoms with Crippen molar-refractivity contribution < 1.29 is 13.9 Å². The van der Waals surface area contributed by atoms with Crippen molar-refractivity contribution in [1.29, 1.82) is 0 Å². The number of nitrogens with zero attached hydrogens (tertiary/aromatic N) is 4. The number of halogens is 1. The van der Waals surface area contributed by atoms with Crippen LogP contribution in [-0.2, 0) is 22.5 Å². The molecule has 1 aromatic heterocycles. The zero-order valence-electron chi connectivity index (χ0n) is 16.7. The van der Waals surface area contributed by atoms with Gasteiger partial charge in [0.2, 0.25) is 5.13 Å². The Labute approximate surface area is 174 Å². The van der Waals surface area contributed by atoms with E-state index in [-0.39, 0.29) is 18.2 Å². The summed E-state index contributed by atoms with van der Waals surface area (Å²) >= 11 is 1.34. The van der Waals surface area contributed by atoms with Gasteiger partial charge in [0.25, 0.3) is 0 Å². The molecule has 0 bridgehead atoms. The first kappa shape index (κ1) is 21.4. The van der Waals surface area contributed by atoms with Gasteiger partial charge in [-0.15, -0.1) is 11.3 Å². The maximum Gasteiger partial charge on any atom is 0.311 e. The van der Waals surface area contributed by atoms with Gasteiger partial charge in [0.1, 0.15) is 5.82 Å². The van der Waals surface area contributed by atoms with E-state index in [2.05, 4.69) is 32.4 Å². The van der Waals surface area contributed by atoms with Gasteiger partial charge in [-0.05, 0) is 25.6 Å². The number of hydrogen-bond acceptors (Lipinski definition) is 8. The minimum absolute atomic E-state index is 0.135. The summed E-state index contributed by atoms with van der Waals surface area (Å²) in [6.07, 6.45) is 1.69. The van der Waals surface area contributed by atoms with E-state index >= 15 is 0 Å². The number of rotatable bonds is 8. The molecule has 1 fully saturated rings. The van der Waals surface area contributed by atoms with E-state index in [1.54, 1.807) is 18.5 Å². The molecule has 1 saturated heterocycles. The van der Waals surface area contributed by atoms with Crippen LogP contribution in [0.2, 0.25) is 0 Å². The van der Waals surface area contributed by atoms with Crippen LogP contribution in [0.3, 0.4) is 0 Å². The smallest absolute Gasteiger partial charge is 0.311 e. The lowest BCUT2D eigenvalue weighted by Crippen LogP contribution is -2.44. The molecular weight excluding hydrogens is 393 g/mol. The van der Waals surface area contributed by atoms with Crippen LogP contribution in [0.25, 0.3) is 0 Å².